The quantitative estimate of drug-likeness (QED) is 0.847. The molecule has 1 N–H and O–H groups in total. The molecule has 0 amide bonds. The summed E-state index contributed by atoms with van der Waals surface area (Å²) in [7, 11) is 0. The maximum Gasteiger partial charge on any atom is 0.111 e. The van der Waals surface area contributed by atoms with E-state index in [9.17, 15) is 10.4 Å². The second-order valence-electron chi connectivity index (χ2n) is 7.06. The molecule has 3 atom stereocenters. The fraction of sp³-hybridized carbons (Fsp3) is 0.611. The summed E-state index contributed by atoms with van der Waals surface area (Å²) in [6.07, 6.45) is 4.33. The van der Waals surface area contributed by atoms with Gasteiger partial charge in [-0.1, -0.05) is 38.1 Å². The molecule has 2 aliphatic rings. The molecule has 3 unspecified atom stereocenters. The number of benzene rings is 1. The Balaban J connectivity index is 2.09. The fourth-order valence-corrected chi connectivity index (χ4v) is 4.75. The molecule has 0 saturated heterocycles. The van der Waals surface area contributed by atoms with Crippen LogP contribution in [0.5, 0.6) is 0 Å². The second kappa shape index (κ2) is 4.60. The molecule has 0 aliphatic heterocycles. The Morgan fingerprint density at radius 3 is 2.50 bits per heavy atom. The van der Waals surface area contributed by atoms with Crippen LogP contribution in [0.1, 0.15) is 50.7 Å². The van der Waals surface area contributed by atoms with Crippen LogP contribution in [0.25, 0.3) is 0 Å². The van der Waals surface area contributed by atoms with E-state index in [1.165, 1.54) is 5.56 Å². The molecule has 3 rings (SSSR count). The first-order valence-corrected chi connectivity index (χ1v) is 7.73. The summed E-state index contributed by atoms with van der Waals surface area (Å²) >= 11 is 0. The molecule has 1 saturated carbocycles. The zero-order valence-electron chi connectivity index (χ0n) is 12.4. The summed E-state index contributed by atoms with van der Waals surface area (Å²) in [4.78, 5) is 0. The first kappa shape index (κ1) is 13.6. The molecule has 20 heavy (non-hydrogen) atoms. The normalized spacial score (nSPS) is 40.1. The molecule has 106 valence electrons. The number of hydrogen-bond donors (Lipinski definition) is 1. The number of rotatable bonds is 1. The van der Waals surface area contributed by atoms with Gasteiger partial charge in [-0.15, -0.1) is 0 Å². The first-order chi connectivity index (χ1) is 9.51. The van der Waals surface area contributed by atoms with E-state index in [1.807, 2.05) is 18.2 Å². The summed E-state index contributed by atoms with van der Waals surface area (Å²) in [5, 5.41) is 21.3. The van der Waals surface area contributed by atoms with Crippen molar-refractivity contribution >= 4 is 0 Å². The lowest BCUT2D eigenvalue weighted by Gasteiger charge is -2.47. The van der Waals surface area contributed by atoms with E-state index >= 15 is 0 Å². The van der Waals surface area contributed by atoms with Crippen LogP contribution in [0.3, 0.4) is 0 Å². The lowest BCUT2D eigenvalue weighted by molar-refractivity contribution is -0.0761. The van der Waals surface area contributed by atoms with Gasteiger partial charge in [-0.2, -0.15) is 5.26 Å². The van der Waals surface area contributed by atoms with Crippen molar-refractivity contribution in [1.82, 2.24) is 0 Å². The monoisotopic (exact) mass is 269 g/mol. The van der Waals surface area contributed by atoms with Gasteiger partial charge in [-0.25, -0.2) is 0 Å². The topological polar surface area (TPSA) is 44.0 Å². The Hall–Kier alpha value is -1.33. The molecular weight excluding hydrogens is 246 g/mol. The maximum atomic E-state index is 11.4. The molecular formula is C18H23NO. The summed E-state index contributed by atoms with van der Waals surface area (Å²) in [6, 6.07) is 10.7. The minimum absolute atomic E-state index is 0.488. The van der Waals surface area contributed by atoms with Crippen molar-refractivity contribution in [1.29, 1.82) is 5.26 Å². The van der Waals surface area contributed by atoms with Gasteiger partial charge in [-0.05, 0) is 55.1 Å². The SMILES string of the molecule is CC1CC(C)CC(O)(C2(C#N)CCc3ccccc32)C1. The Labute approximate surface area is 121 Å². The minimum atomic E-state index is -0.870. The average molecular weight is 269 g/mol. The predicted octanol–water partition coefficient (Wildman–Crippen LogP) is 3.58. The maximum absolute atomic E-state index is 11.4. The van der Waals surface area contributed by atoms with Crippen LogP contribution < -0.4 is 0 Å². The molecule has 2 aliphatic carbocycles. The number of nitriles is 1. The summed E-state index contributed by atoms with van der Waals surface area (Å²) in [5.74, 6) is 0.975. The van der Waals surface area contributed by atoms with E-state index in [1.54, 1.807) is 0 Å². The Morgan fingerprint density at radius 2 is 1.85 bits per heavy atom. The largest absolute Gasteiger partial charge is 0.388 e. The van der Waals surface area contributed by atoms with Crippen molar-refractivity contribution in [3.8, 4) is 6.07 Å². The molecule has 0 spiro atoms. The minimum Gasteiger partial charge on any atom is -0.388 e. The van der Waals surface area contributed by atoms with Gasteiger partial charge in [0.1, 0.15) is 5.41 Å². The van der Waals surface area contributed by atoms with E-state index in [0.29, 0.717) is 11.8 Å². The Bertz CT molecular complexity index is 549. The zero-order valence-corrected chi connectivity index (χ0v) is 12.4. The summed E-state index contributed by atoms with van der Waals surface area (Å²) < 4.78 is 0. The number of fused-ring (bicyclic) bond motifs is 1. The van der Waals surface area contributed by atoms with Gasteiger partial charge in [0.05, 0.1) is 11.7 Å². The van der Waals surface area contributed by atoms with Crippen molar-refractivity contribution in [2.45, 2.75) is 57.0 Å². The highest BCUT2D eigenvalue weighted by atomic mass is 16.3. The van der Waals surface area contributed by atoms with Gasteiger partial charge in [0, 0.05) is 0 Å². The van der Waals surface area contributed by atoms with E-state index in [-0.39, 0.29) is 0 Å². The van der Waals surface area contributed by atoms with E-state index in [2.05, 4.69) is 26.0 Å². The molecule has 1 aromatic carbocycles. The van der Waals surface area contributed by atoms with Crippen molar-refractivity contribution in [3.63, 3.8) is 0 Å². The van der Waals surface area contributed by atoms with E-state index < -0.39 is 11.0 Å². The number of hydrogen-bond acceptors (Lipinski definition) is 2. The third kappa shape index (κ3) is 1.80. The Kier molecular flexibility index (Phi) is 3.14. The van der Waals surface area contributed by atoms with E-state index in [4.69, 9.17) is 0 Å². The third-order valence-electron chi connectivity index (χ3n) is 5.41. The lowest BCUT2D eigenvalue weighted by Crippen LogP contribution is -2.53. The molecule has 0 radical (unpaired) electrons. The van der Waals surface area contributed by atoms with Crippen LogP contribution in [-0.2, 0) is 11.8 Å². The van der Waals surface area contributed by atoms with Crippen LogP contribution in [0.2, 0.25) is 0 Å². The zero-order chi connectivity index (χ0) is 14.4. The standard InChI is InChI=1S/C18H23NO/c1-13-9-14(2)11-18(20,10-13)17(12-19)8-7-15-5-3-4-6-16(15)17/h3-6,13-14,20H,7-11H2,1-2H3. The van der Waals surface area contributed by atoms with Crippen LogP contribution in [0.15, 0.2) is 24.3 Å². The molecule has 0 aromatic heterocycles. The predicted molar refractivity (Wildman–Crippen MR) is 79.2 cm³/mol. The van der Waals surface area contributed by atoms with Gasteiger partial charge in [0.2, 0.25) is 0 Å². The van der Waals surface area contributed by atoms with Crippen LogP contribution in [0, 0.1) is 23.2 Å². The van der Waals surface area contributed by atoms with E-state index in [0.717, 1.165) is 37.7 Å². The molecule has 1 fully saturated rings. The van der Waals surface area contributed by atoms with Gasteiger partial charge in [0.15, 0.2) is 0 Å². The van der Waals surface area contributed by atoms with Crippen LogP contribution >= 0.6 is 0 Å². The number of aryl methyl sites for hydroxylation is 1. The number of aliphatic hydroxyl groups is 1. The highest BCUT2D eigenvalue weighted by Crippen LogP contribution is 2.53. The highest BCUT2D eigenvalue weighted by Gasteiger charge is 2.56. The van der Waals surface area contributed by atoms with Gasteiger partial charge < -0.3 is 5.11 Å². The van der Waals surface area contributed by atoms with Gasteiger partial charge in [0.25, 0.3) is 0 Å². The van der Waals surface area contributed by atoms with Crippen molar-refractivity contribution in [2.75, 3.05) is 0 Å². The Morgan fingerprint density at radius 1 is 1.20 bits per heavy atom. The molecule has 2 heteroatoms. The van der Waals surface area contributed by atoms with Gasteiger partial charge >= 0.3 is 0 Å². The molecule has 0 bridgehead atoms. The first-order valence-electron chi connectivity index (χ1n) is 7.73. The third-order valence-corrected chi connectivity index (χ3v) is 5.41. The number of nitrogens with zero attached hydrogens (tertiary/aromatic N) is 1. The molecule has 1 aromatic rings. The van der Waals surface area contributed by atoms with Crippen molar-refractivity contribution in [2.24, 2.45) is 11.8 Å². The van der Waals surface area contributed by atoms with Crippen molar-refractivity contribution < 1.29 is 5.11 Å². The van der Waals surface area contributed by atoms with Crippen LogP contribution in [0.4, 0.5) is 0 Å². The van der Waals surface area contributed by atoms with Crippen molar-refractivity contribution in [3.05, 3.63) is 35.4 Å². The fourth-order valence-electron chi connectivity index (χ4n) is 4.75. The lowest BCUT2D eigenvalue weighted by atomic mass is 9.59. The molecule has 2 nitrogen and oxygen atoms in total. The van der Waals surface area contributed by atoms with Crippen LogP contribution in [-0.4, -0.2) is 10.7 Å². The summed E-state index contributed by atoms with van der Waals surface area (Å²) in [6.45, 7) is 4.40. The second-order valence-corrected chi connectivity index (χ2v) is 7.06. The average Bonchev–Trinajstić information content (AvgIpc) is 2.77. The highest BCUT2D eigenvalue weighted by molar-refractivity contribution is 5.47. The van der Waals surface area contributed by atoms with Gasteiger partial charge in [-0.3, -0.25) is 0 Å². The summed E-state index contributed by atoms with van der Waals surface area (Å²) in [5.41, 5.74) is 0.748. The smallest absolute Gasteiger partial charge is 0.111 e. The molecule has 0 heterocycles.